The highest BCUT2D eigenvalue weighted by molar-refractivity contribution is 7.13. The molecule has 8 nitrogen and oxygen atoms in total. The Morgan fingerprint density at radius 2 is 2.03 bits per heavy atom. The van der Waals surface area contributed by atoms with E-state index in [1.165, 1.54) is 11.3 Å². The minimum Gasteiger partial charge on any atom is -0.456 e. The van der Waals surface area contributed by atoms with E-state index in [0.29, 0.717) is 12.2 Å². The molecule has 0 radical (unpaired) electrons. The van der Waals surface area contributed by atoms with Gasteiger partial charge in [0.1, 0.15) is 11.1 Å². The molecule has 174 valence electrons. The minimum atomic E-state index is -0.381. The number of hydrogen-bond donors (Lipinski definition) is 2. The maximum absolute atomic E-state index is 12.5. The molecule has 0 saturated carbocycles. The van der Waals surface area contributed by atoms with Gasteiger partial charge in [0.25, 0.3) is 0 Å². The fourth-order valence-corrected chi connectivity index (χ4v) is 5.00. The number of H-pyrrole nitrogens is 1. The molecule has 1 aliphatic heterocycles. The number of aromatic amines is 1. The number of nitrogens with one attached hydrogen (secondary N) is 2. The van der Waals surface area contributed by atoms with Crippen molar-refractivity contribution in [2.45, 2.75) is 19.4 Å². The summed E-state index contributed by atoms with van der Waals surface area (Å²) in [6.45, 7) is 3.53. The number of ether oxygens (including phenoxy) is 1. The lowest BCUT2D eigenvalue weighted by Crippen LogP contribution is -2.21. The highest BCUT2D eigenvalue weighted by atomic mass is 32.1. The zero-order valence-electron chi connectivity index (χ0n) is 19.0. The van der Waals surface area contributed by atoms with Crippen molar-refractivity contribution in [1.29, 1.82) is 0 Å². The largest absolute Gasteiger partial charge is 0.456 e. The van der Waals surface area contributed by atoms with Crippen LogP contribution in [0.5, 0.6) is 0 Å². The molecule has 1 atom stereocenters. The quantitative estimate of drug-likeness (QED) is 0.352. The third-order valence-electron chi connectivity index (χ3n) is 5.99. The number of aromatic nitrogens is 5. The van der Waals surface area contributed by atoms with Crippen molar-refractivity contribution >= 4 is 28.2 Å². The predicted molar refractivity (Wildman–Crippen MR) is 135 cm³/mol. The monoisotopic (exact) mass is 482 g/mol. The zero-order chi connectivity index (χ0) is 23.8. The molecule has 0 amide bonds. The van der Waals surface area contributed by atoms with Gasteiger partial charge >= 0.3 is 5.97 Å². The summed E-state index contributed by atoms with van der Waals surface area (Å²) in [5.74, 6) is -0.381. The number of fused-ring (bicyclic) bond motifs is 1. The maximum Gasteiger partial charge on any atom is 0.358 e. The molecule has 2 N–H and O–H groups in total. The van der Waals surface area contributed by atoms with Crippen LogP contribution in [-0.4, -0.2) is 50.1 Å². The summed E-state index contributed by atoms with van der Waals surface area (Å²) in [4.78, 5) is 34.0. The first-order chi connectivity index (χ1) is 17.1. The third-order valence-corrected chi connectivity index (χ3v) is 6.88. The fraction of sp³-hybridized carbons (Fsp3) is 0.192. The van der Waals surface area contributed by atoms with Crippen molar-refractivity contribution in [2.24, 2.45) is 0 Å². The highest BCUT2D eigenvalue weighted by Crippen LogP contribution is 2.32. The SMILES string of the molecule is Cc1cccc(-c2[nH]cnc2-c2ccc3ncc(-c4nc(C(=O)O[C@@H]5CCNC5)cs4)cc3c2)n1. The van der Waals surface area contributed by atoms with Crippen LogP contribution in [0.1, 0.15) is 22.6 Å². The Morgan fingerprint density at radius 3 is 2.89 bits per heavy atom. The van der Waals surface area contributed by atoms with Crippen molar-refractivity contribution in [3.05, 3.63) is 71.8 Å². The molecule has 1 saturated heterocycles. The first kappa shape index (κ1) is 21.6. The standard InChI is InChI=1S/C26H22N6O2S/c1-15-3-2-4-21(31-15)24-23(29-14-30-24)16-5-6-20-17(9-16)10-18(11-28-20)25-32-22(13-35-25)26(33)34-19-7-8-27-12-19/h2-6,9-11,13-14,19,27H,7-8,12H2,1H3,(H,29,30)/t19-/m1/s1. The number of nitrogens with zero attached hydrogens (tertiary/aromatic N) is 4. The van der Waals surface area contributed by atoms with Crippen LogP contribution in [0.4, 0.5) is 0 Å². The van der Waals surface area contributed by atoms with Crippen LogP contribution in [0.25, 0.3) is 44.1 Å². The molecule has 9 heteroatoms. The predicted octanol–water partition coefficient (Wildman–Crippen LogP) is 4.64. The van der Waals surface area contributed by atoms with E-state index in [4.69, 9.17) is 4.74 Å². The summed E-state index contributed by atoms with van der Waals surface area (Å²) in [7, 11) is 0. The van der Waals surface area contributed by atoms with Crippen LogP contribution in [0.3, 0.4) is 0 Å². The molecule has 5 aromatic rings. The van der Waals surface area contributed by atoms with E-state index in [1.54, 1.807) is 17.9 Å². The topological polar surface area (TPSA) is 106 Å². The second-order valence-electron chi connectivity index (χ2n) is 8.48. The van der Waals surface area contributed by atoms with Gasteiger partial charge < -0.3 is 15.0 Å². The highest BCUT2D eigenvalue weighted by Gasteiger charge is 2.22. The van der Waals surface area contributed by atoms with Crippen LogP contribution >= 0.6 is 11.3 Å². The van der Waals surface area contributed by atoms with Gasteiger partial charge in [-0.1, -0.05) is 12.1 Å². The van der Waals surface area contributed by atoms with Gasteiger partial charge in [-0.2, -0.15) is 0 Å². The number of thiazole rings is 1. The number of esters is 1. The molecule has 0 unspecified atom stereocenters. The van der Waals surface area contributed by atoms with Gasteiger partial charge in [-0.15, -0.1) is 11.3 Å². The number of rotatable bonds is 5. The number of benzene rings is 1. The summed E-state index contributed by atoms with van der Waals surface area (Å²) in [6.07, 6.45) is 4.21. The Hall–Kier alpha value is -3.95. The molecule has 1 fully saturated rings. The molecule has 1 aromatic carbocycles. The number of pyridine rings is 2. The third kappa shape index (κ3) is 4.31. The molecule has 5 heterocycles. The molecule has 0 bridgehead atoms. The summed E-state index contributed by atoms with van der Waals surface area (Å²) in [5, 5.41) is 6.62. The van der Waals surface area contributed by atoms with Gasteiger partial charge in [0.05, 0.1) is 28.9 Å². The van der Waals surface area contributed by atoms with E-state index in [2.05, 4.69) is 36.3 Å². The Bertz CT molecular complexity index is 1540. The van der Waals surface area contributed by atoms with Crippen LogP contribution < -0.4 is 5.32 Å². The first-order valence-electron chi connectivity index (χ1n) is 11.4. The number of carbonyl (C=O) groups excluding carboxylic acids is 1. The van der Waals surface area contributed by atoms with Crippen molar-refractivity contribution in [2.75, 3.05) is 13.1 Å². The zero-order valence-corrected chi connectivity index (χ0v) is 19.8. The first-order valence-corrected chi connectivity index (χ1v) is 12.3. The Labute approximate surface area is 205 Å². The summed E-state index contributed by atoms with van der Waals surface area (Å²) < 4.78 is 5.54. The van der Waals surface area contributed by atoms with Crippen LogP contribution in [0.2, 0.25) is 0 Å². The normalized spacial score (nSPS) is 15.5. The molecule has 35 heavy (non-hydrogen) atoms. The summed E-state index contributed by atoms with van der Waals surface area (Å²) in [5.41, 5.74) is 6.51. The van der Waals surface area contributed by atoms with Crippen LogP contribution in [-0.2, 0) is 4.74 Å². The number of aryl methyl sites for hydroxylation is 1. The molecule has 0 aliphatic carbocycles. The molecule has 4 aromatic heterocycles. The van der Waals surface area contributed by atoms with Gasteiger partial charge in [-0.05, 0) is 50.2 Å². The average molecular weight is 483 g/mol. The van der Waals surface area contributed by atoms with Crippen molar-refractivity contribution in [1.82, 2.24) is 30.2 Å². The number of imidazole rings is 1. The van der Waals surface area contributed by atoms with E-state index in [9.17, 15) is 4.79 Å². The average Bonchev–Trinajstić information content (AvgIpc) is 3.65. The Morgan fingerprint density at radius 1 is 1.11 bits per heavy atom. The second kappa shape index (κ2) is 9.01. The Kier molecular flexibility index (Phi) is 5.55. The van der Waals surface area contributed by atoms with E-state index in [0.717, 1.165) is 62.8 Å². The minimum absolute atomic E-state index is 0.0876. The summed E-state index contributed by atoms with van der Waals surface area (Å²) >= 11 is 1.41. The van der Waals surface area contributed by atoms with E-state index in [1.807, 2.05) is 43.3 Å². The van der Waals surface area contributed by atoms with Gasteiger partial charge in [0.2, 0.25) is 0 Å². The smallest absolute Gasteiger partial charge is 0.358 e. The van der Waals surface area contributed by atoms with Gasteiger partial charge in [0.15, 0.2) is 5.69 Å². The van der Waals surface area contributed by atoms with Crippen molar-refractivity contribution in [3.63, 3.8) is 0 Å². The summed E-state index contributed by atoms with van der Waals surface area (Å²) in [6, 6.07) is 14.0. The van der Waals surface area contributed by atoms with Crippen LogP contribution in [0.15, 0.2) is 60.4 Å². The second-order valence-corrected chi connectivity index (χ2v) is 9.34. The lowest BCUT2D eigenvalue weighted by Gasteiger charge is -2.08. The number of carbonyl (C=O) groups is 1. The van der Waals surface area contributed by atoms with Gasteiger partial charge in [-0.3, -0.25) is 9.97 Å². The maximum atomic E-state index is 12.5. The fourth-order valence-electron chi connectivity index (χ4n) is 4.23. The van der Waals surface area contributed by atoms with Crippen LogP contribution in [0, 0.1) is 6.92 Å². The van der Waals surface area contributed by atoms with Gasteiger partial charge in [-0.25, -0.2) is 14.8 Å². The molecule has 6 rings (SSSR count). The van der Waals surface area contributed by atoms with E-state index >= 15 is 0 Å². The number of hydrogen-bond acceptors (Lipinski definition) is 8. The molecular weight excluding hydrogens is 460 g/mol. The van der Waals surface area contributed by atoms with E-state index < -0.39 is 0 Å². The Balaban J connectivity index is 1.31. The van der Waals surface area contributed by atoms with E-state index in [-0.39, 0.29) is 12.1 Å². The van der Waals surface area contributed by atoms with Crippen molar-refractivity contribution in [3.8, 4) is 33.2 Å². The lowest BCUT2D eigenvalue weighted by atomic mass is 10.0. The molecular formula is C26H22N6O2S. The van der Waals surface area contributed by atoms with Crippen molar-refractivity contribution < 1.29 is 9.53 Å². The molecule has 0 spiro atoms. The van der Waals surface area contributed by atoms with Gasteiger partial charge in [0, 0.05) is 40.3 Å². The molecule has 1 aliphatic rings. The lowest BCUT2D eigenvalue weighted by molar-refractivity contribution is 0.0338.